The Hall–Kier alpha value is -1.09. The number of hydrogen-bond donors (Lipinski definition) is 1. The molecule has 1 aliphatic rings. The summed E-state index contributed by atoms with van der Waals surface area (Å²) < 4.78 is 5.84. The first kappa shape index (κ1) is 10.4. The molecule has 1 aliphatic heterocycles. The Morgan fingerprint density at radius 2 is 2.27 bits per heavy atom. The lowest BCUT2D eigenvalue weighted by Crippen LogP contribution is -2.19. The first-order valence-electron chi connectivity index (χ1n) is 5.64. The Balaban J connectivity index is 1.92. The van der Waals surface area contributed by atoms with Crippen molar-refractivity contribution in [2.45, 2.75) is 32.3 Å². The Labute approximate surface area is 90.9 Å². The molecular weight excluding hydrogens is 188 g/mol. The molecular formula is C12H18N2O. The molecule has 0 aliphatic carbocycles. The average Bonchev–Trinajstić information content (AvgIpc) is 2.50. The topological polar surface area (TPSA) is 34.1 Å². The molecule has 0 radical (unpaired) electrons. The summed E-state index contributed by atoms with van der Waals surface area (Å²) in [6.07, 6.45) is 5.58. The summed E-state index contributed by atoms with van der Waals surface area (Å²) in [5.74, 6) is 0.757. The Morgan fingerprint density at radius 3 is 3.07 bits per heavy atom. The molecule has 1 aromatic rings. The largest absolute Gasteiger partial charge is 0.474 e. The lowest BCUT2D eigenvalue weighted by molar-refractivity contribution is 0.180. The maximum atomic E-state index is 5.84. The van der Waals surface area contributed by atoms with Gasteiger partial charge in [0.15, 0.2) is 0 Å². The van der Waals surface area contributed by atoms with Gasteiger partial charge in [0.25, 0.3) is 0 Å². The molecule has 82 valence electrons. The summed E-state index contributed by atoms with van der Waals surface area (Å²) in [6.45, 7) is 4.20. The molecule has 1 unspecified atom stereocenters. The van der Waals surface area contributed by atoms with Gasteiger partial charge in [0.05, 0.1) is 0 Å². The van der Waals surface area contributed by atoms with Crippen LogP contribution in [0.4, 0.5) is 0 Å². The highest BCUT2D eigenvalue weighted by atomic mass is 16.5. The summed E-state index contributed by atoms with van der Waals surface area (Å²) in [5, 5.41) is 3.37. The van der Waals surface area contributed by atoms with Crippen LogP contribution in [0.1, 0.15) is 24.8 Å². The number of aromatic nitrogens is 1. The molecule has 2 heterocycles. The van der Waals surface area contributed by atoms with Crippen molar-refractivity contribution in [3.63, 3.8) is 0 Å². The molecule has 0 aromatic carbocycles. The van der Waals surface area contributed by atoms with Crippen molar-refractivity contribution < 1.29 is 4.74 Å². The molecule has 0 saturated carbocycles. The van der Waals surface area contributed by atoms with Crippen molar-refractivity contribution in [3.8, 4) is 5.88 Å². The third kappa shape index (κ3) is 3.20. The van der Waals surface area contributed by atoms with E-state index in [0.717, 1.165) is 31.8 Å². The van der Waals surface area contributed by atoms with Crippen LogP contribution >= 0.6 is 0 Å². The average molecular weight is 206 g/mol. The summed E-state index contributed by atoms with van der Waals surface area (Å²) >= 11 is 0. The number of aryl methyl sites for hydroxylation is 1. The molecule has 0 amide bonds. The van der Waals surface area contributed by atoms with E-state index >= 15 is 0 Å². The summed E-state index contributed by atoms with van der Waals surface area (Å²) in [5.41, 5.74) is 1.17. The summed E-state index contributed by atoms with van der Waals surface area (Å²) in [6, 6.07) is 3.99. The first-order chi connectivity index (χ1) is 7.34. The first-order valence-corrected chi connectivity index (χ1v) is 5.64. The van der Waals surface area contributed by atoms with E-state index in [2.05, 4.69) is 10.3 Å². The molecule has 15 heavy (non-hydrogen) atoms. The number of nitrogens with zero attached hydrogens (tertiary/aromatic N) is 1. The SMILES string of the molecule is Cc1ccc(OC2CCCNCC2)nc1. The van der Waals surface area contributed by atoms with Gasteiger partial charge in [-0.25, -0.2) is 4.98 Å². The lowest BCUT2D eigenvalue weighted by Gasteiger charge is -2.15. The van der Waals surface area contributed by atoms with Crippen molar-refractivity contribution in [2.24, 2.45) is 0 Å². The monoisotopic (exact) mass is 206 g/mol. The minimum Gasteiger partial charge on any atom is -0.474 e. The van der Waals surface area contributed by atoms with Crippen LogP contribution < -0.4 is 10.1 Å². The van der Waals surface area contributed by atoms with Crippen molar-refractivity contribution in [3.05, 3.63) is 23.9 Å². The van der Waals surface area contributed by atoms with Crippen LogP contribution in [-0.2, 0) is 0 Å². The third-order valence-electron chi connectivity index (χ3n) is 2.69. The van der Waals surface area contributed by atoms with Gasteiger partial charge in [-0.1, -0.05) is 6.07 Å². The molecule has 1 N–H and O–H groups in total. The van der Waals surface area contributed by atoms with Crippen molar-refractivity contribution >= 4 is 0 Å². The van der Waals surface area contributed by atoms with Crippen LogP contribution in [0.2, 0.25) is 0 Å². The van der Waals surface area contributed by atoms with Gasteiger partial charge >= 0.3 is 0 Å². The summed E-state index contributed by atoms with van der Waals surface area (Å²) in [7, 11) is 0. The van der Waals surface area contributed by atoms with E-state index in [0.29, 0.717) is 6.10 Å². The van der Waals surface area contributed by atoms with Crippen molar-refractivity contribution in [1.82, 2.24) is 10.3 Å². The van der Waals surface area contributed by atoms with E-state index in [1.165, 1.54) is 12.0 Å². The molecule has 0 bridgehead atoms. The lowest BCUT2D eigenvalue weighted by atomic mass is 10.1. The van der Waals surface area contributed by atoms with Crippen molar-refractivity contribution in [2.75, 3.05) is 13.1 Å². The van der Waals surface area contributed by atoms with E-state index in [4.69, 9.17) is 4.74 Å². The van der Waals surface area contributed by atoms with Crippen LogP contribution in [0.3, 0.4) is 0 Å². The Morgan fingerprint density at radius 1 is 1.33 bits per heavy atom. The van der Waals surface area contributed by atoms with Crippen LogP contribution in [0.25, 0.3) is 0 Å². The van der Waals surface area contributed by atoms with E-state index in [1.54, 1.807) is 0 Å². The number of ether oxygens (including phenoxy) is 1. The molecule has 2 rings (SSSR count). The zero-order chi connectivity index (χ0) is 10.5. The number of hydrogen-bond acceptors (Lipinski definition) is 3. The third-order valence-corrected chi connectivity index (χ3v) is 2.69. The minimum atomic E-state index is 0.329. The normalized spacial score (nSPS) is 22.1. The van der Waals surface area contributed by atoms with Crippen molar-refractivity contribution in [1.29, 1.82) is 0 Å². The second kappa shape index (κ2) is 5.12. The van der Waals surface area contributed by atoms with Crippen LogP contribution in [-0.4, -0.2) is 24.2 Å². The van der Waals surface area contributed by atoms with E-state index in [-0.39, 0.29) is 0 Å². The molecule has 1 fully saturated rings. The van der Waals surface area contributed by atoms with Crippen LogP contribution in [0.5, 0.6) is 5.88 Å². The molecule has 1 saturated heterocycles. The zero-order valence-electron chi connectivity index (χ0n) is 9.20. The van der Waals surface area contributed by atoms with Gasteiger partial charge in [-0.2, -0.15) is 0 Å². The van der Waals surface area contributed by atoms with Gasteiger partial charge in [0, 0.05) is 12.3 Å². The second-order valence-electron chi connectivity index (χ2n) is 4.09. The molecule has 0 spiro atoms. The minimum absolute atomic E-state index is 0.329. The van der Waals surface area contributed by atoms with Crippen LogP contribution in [0, 0.1) is 6.92 Å². The maximum Gasteiger partial charge on any atom is 0.213 e. The number of nitrogens with one attached hydrogen (secondary N) is 1. The smallest absolute Gasteiger partial charge is 0.213 e. The van der Waals surface area contributed by atoms with Gasteiger partial charge < -0.3 is 10.1 Å². The van der Waals surface area contributed by atoms with E-state index < -0.39 is 0 Å². The van der Waals surface area contributed by atoms with Gasteiger partial charge in [-0.05, 0) is 44.8 Å². The van der Waals surface area contributed by atoms with Gasteiger partial charge in [-0.15, -0.1) is 0 Å². The van der Waals surface area contributed by atoms with Gasteiger partial charge in [-0.3, -0.25) is 0 Å². The number of rotatable bonds is 2. The molecule has 3 nitrogen and oxygen atoms in total. The van der Waals surface area contributed by atoms with Gasteiger partial charge in [0.2, 0.25) is 5.88 Å². The predicted molar refractivity (Wildman–Crippen MR) is 60.1 cm³/mol. The fourth-order valence-corrected chi connectivity index (χ4v) is 1.80. The fraction of sp³-hybridized carbons (Fsp3) is 0.583. The number of pyridine rings is 1. The predicted octanol–water partition coefficient (Wildman–Crippen LogP) is 1.91. The van der Waals surface area contributed by atoms with Crippen LogP contribution in [0.15, 0.2) is 18.3 Å². The molecule has 1 aromatic heterocycles. The van der Waals surface area contributed by atoms with E-state index in [9.17, 15) is 0 Å². The molecule has 1 atom stereocenters. The van der Waals surface area contributed by atoms with Gasteiger partial charge in [0.1, 0.15) is 6.10 Å². The Bertz CT molecular complexity index is 289. The second-order valence-corrected chi connectivity index (χ2v) is 4.09. The standard InChI is InChI=1S/C12H18N2O/c1-10-4-5-12(14-9-10)15-11-3-2-7-13-8-6-11/h4-5,9,11,13H,2-3,6-8H2,1H3. The highest BCUT2D eigenvalue weighted by Gasteiger charge is 2.13. The summed E-state index contributed by atoms with van der Waals surface area (Å²) in [4.78, 5) is 4.26. The zero-order valence-corrected chi connectivity index (χ0v) is 9.20. The van der Waals surface area contributed by atoms with E-state index in [1.807, 2.05) is 25.3 Å². The molecule has 3 heteroatoms. The fourth-order valence-electron chi connectivity index (χ4n) is 1.80. The quantitative estimate of drug-likeness (QED) is 0.802. The highest BCUT2D eigenvalue weighted by Crippen LogP contribution is 2.14. The Kier molecular flexibility index (Phi) is 3.56. The maximum absolute atomic E-state index is 5.84. The highest BCUT2D eigenvalue weighted by molar-refractivity contribution is 5.16.